The molecule has 4 rings (SSSR count). The van der Waals surface area contributed by atoms with Crippen molar-refractivity contribution in [1.82, 2.24) is 15.5 Å². The molecular weight excluding hydrogens is 350 g/mol. The molecule has 0 spiro atoms. The Morgan fingerprint density at radius 3 is 2.82 bits per heavy atom. The predicted octanol–water partition coefficient (Wildman–Crippen LogP) is 2.89. The Balaban J connectivity index is 1.79. The Morgan fingerprint density at radius 1 is 1.21 bits per heavy atom. The van der Waals surface area contributed by atoms with E-state index in [4.69, 9.17) is 5.73 Å². The van der Waals surface area contributed by atoms with E-state index in [2.05, 4.69) is 52.5 Å². The van der Waals surface area contributed by atoms with Crippen molar-refractivity contribution in [2.75, 3.05) is 18.0 Å². The molecule has 3 N–H and O–H groups in total. The van der Waals surface area contributed by atoms with E-state index in [1.54, 1.807) is 12.3 Å². The second kappa shape index (κ2) is 7.20. The number of aromatic nitrogens is 2. The number of hydrogen-bond acceptors (Lipinski definition) is 5. The van der Waals surface area contributed by atoms with Gasteiger partial charge < -0.3 is 16.0 Å². The number of primary amides is 1. The van der Waals surface area contributed by atoms with Gasteiger partial charge in [-0.05, 0) is 61.7 Å². The van der Waals surface area contributed by atoms with Crippen LogP contribution < -0.4 is 16.0 Å². The van der Waals surface area contributed by atoms with Crippen molar-refractivity contribution in [3.05, 3.63) is 53.7 Å². The lowest BCUT2D eigenvalue weighted by atomic mass is 9.96. The summed E-state index contributed by atoms with van der Waals surface area (Å²) in [5, 5.41) is 14.3. The average molecular weight is 375 g/mol. The van der Waals surface area contributed by atoms with Crippen LogP contribution >= 0.6 is 0 Å². The van der Waals surface area contributed by atoms with Crippen molar-refractivity contribution in [2.24, 2.45) is 5.73 Å². The van der Waals surface area contributed by atoms with Crippen molar-refractivity contribution in [3.63, 3.8) is 0 Å². The molecule has 2 atom stereocenters. The van der Waals surface area contributed by atoms with E-state index in [9.17, 15) is 4.79 Å². The fourth-order valence-corrected chi connectivity index (χ4v) is 3.86. The van der Waals surface area contributed by atoms with Crippen molar-refractivity contribution < 1.29 is 4.79 Å². The number of fused-ring (bicyclic) bond motifs is 1. The number of benzene rings is 2. The van der Waals surface area contributed by atoms with Crippen molar-refractivity contribution in [1.29, 1.82) is 0 Å². The zero-order valence-corrected chi connectivity index (χ0v) is 16.4. The van der Waals surface area contributed by atoms with E-state index in [1.807, 2.05) is 19.1 Å². The molecule has 2 heterocycles. The molecule has 0 saturated carbocycles. The van der Waals surface area contributed by atoms with E-state index < -0.39 is 5.91 Å². The van der Waals surface area contributed by atoms with Gasteiger partial charge in [-0.3, -0.25) is 4.79 Å². The van der Waals surface area contributed by atoms with Gasteiger partial charge in [0.15, 0.2) is 5.82 Å². The summed E-state index contributed by atoms with van der Waals surface area (Å²) in [5.41, 5.74) is 9.10. The third kappa shape index (κ3) is 3.31. The molecular formula is C22H25N5O. The second-order valence-corrected chi connectivity index (χ2v) is 7.67. The highest BCUT2D eigenvalue weighted by atomic mass is 16.1. The topological polar surface area (TPSA) is 84.1 Å². The molecule has 144 valence electrons. The Bertz CT molecular complexity index is 1050. The molecule has 0 aliphatic carbocycles. The van der Waals surface area contributed by atoms with Gasteiger partial charge in [0, 0.05) is 41.5 Å². The number of carbonyl (C=O) groups excluding carboxylic acids is 1. The number of piperazine rings is 1. The summed E-state index contributed by atoms with van der Waals surface area (Å²) < 4.78 is 0. The zero-order valence-electron chi connectivity index (χ0n) is 16.4. The average Bonchev–Trinajstić information content (AvgIpc) is 2.69. The number of rotatable bonds is 3. The monoisotopic (exact) mass is 375 g/mol. The third-order valence-corrected chi connectivity index (χ3v) is 5.51. The number of carbonyl (C=O) groups is 1. The second-order valence-electron chi connectivity index (χ2n) is 7.67. The molecule has 6 heteroatoms. The highest BCUT2D eigenvalue weighted by molar-refractivity contribution is 5.97. The lowest BCUT2D eigenvalue weighted by Gasteiger charge is -2.38. The minimum atomic E-state index is -0.419. The number of hydrogen-bond donors (Lipinski definition) is 2. The molecule has 1 aliphatic heterocycles. The number of amides is 1. The lowest BCUT2D eigenvalue weighted by molar-refractivity contribution is 0.100. The minimum absolute atomic E-state index is 0.352. The first-order valence-electron chi connectivity index (χ1n) is 9.60. The zero-order chi connectivity index (χ0) is 19.8. The standard InChI is InChI=1S/C22H25N5O/c1-13-4-5-17(21(23)28)9-20(13)16-6-7-19-18(8-16)11-25-26-22(19)27-12-14(2)24-10-15(27)3/h4-9,11,14-15,24H,10,12H2,1-3H3,(H2,23,28). The first-order chi connectivity index (χ1) is 13.4. The van der Waals surface area contributed by atoms with Gasteiger partial charge in [0.05, 0.1) is 6.20 Å². The first kappa shape index (κ1) is 18.4. The number of aryl methyl sites for hydroxylation is 1. The Labute approximate surface area is 164 Å². The summed E-state index contributed by atoms with van der Waals surface area (Å²) in [6.45, 7) is 8.24. The van der Waals surface area contributed by atoms with Crippen LogP contribution in [0, 0.1) is 6.92 Å². The van der Waals surface area contributed by atoms with Crippen LogP contribution in [0.2, 0.25) is 0 Å². The molecule has 1 aromatic heterocycles. The molecule has 28 heavy (non-hydrogen) atoms. The number of nitrogens with one attached hydrogen (secondary N) is 1. The highest BCUT2D eigenvalue weighted by Gasteiger charge is 2.25. The molecule has 0 bridgehead atoms. The molecule has 2 aromatic carbocycles. The highest BCUT2D eigenvalue weighted by Crippen LogP contribution is 2.31. The lowest BCUT2D eigenvalue weighted by Crippen LogP contribution is -2.54. The van der Waals surface area contributed by atoms with E-state index >= 15 is 0 Å². The van der Waals surface area contributed by atoms with Crippen LogP contribution in [-0.4, -0.2) is 41.3 Å². The minimum Gasteiger partial charge on any atom is -0.366 e. The van der Waals surface area contributed by atoms with Crippen LogP contribution in [0.15, 0.2) is 42.6 Å². The summed E-state index contributed by atoms with van der Waals surface area (Å²) in [5.74, 6) is 0.504. The van der Waals surface area contributed by atoms with Crippen molar-refractivity contribution >= 4 is 22.5 Å². The quantitative estimate of drug-likeness (QED) is 0.735. The van der Waals surface area contributed by atoms with E-state index in [0.717, 1.165) is 46.4 Å². The van der Waals surface area contributed by atoms with Gasteiger partial charge in [-0.2, -0.15) is 5.10 Å². The molecule has 0 radical (unpaired) electrons. The summed E-state index contributed by atoms with van der Waals surface area (Å²) in [6, 6.07) is 12.6. The van der Waals surface area contributed by atoms with Crippen LogP contribution in [0.5, 0.6) is 0 Å². The van der Waals surface area contributed by atoms with Gasteiger partial charge in [0.25, 0.3) is 0 Å². The molecule has 3 aromatic rings. The van der Waals surface area contributed by atoms with Gasteiger partial charge in [-0.15, -0.1) is 5.10 Å². The van der Waals surface area contributed by atoms with Crippen LogP contribution in [0.4, 0.5) is 5.82 Å². The van der Waals surface area contributed by atoms with Crippen molar-refractivity contribution in [3.8, 4) is 11.1 Å². The largest absolute Gasteiger partial charge is 0.366 e. The van der Waals surface area contributed by atoms with Gasteiger partial charge >= 0.3 is 0 Å². The maximum absolute atomic E-state index is 11.6. The Hall–Kier alpha value is -2.99. The van der Waals surface area contributed by atoms with Gasteiger partial charge in [0.2, 0.25) is 5.91 Å². The fourth-order valence-electron chi connectivity index (χ4n) is 3.86. The predicted molar refractivity (Wildman–Crippen MR) is 113 cm³/mol. The van der Waals surface area contributed by atoms with E-state index in [-0.39, 0.29) is 0 Å². The van der Waals surface area contributed by atoms with Crippen molar-refractivity contribution in [2.45, 2.75) is 32.9 Å². The van der Waals surface area contributed by atoms with Gasteiger partial charge in [-0.25, -0.2) is 0 Å². The SMILES string of the molecule is Cc1ccc(C(N)=O)cc1-c1ccc2c(N3CC(C)NCC3C)nncc2c1. The number of nitrogens with zero attached hydrogens (tertiary/aromatic N) is 3. The summed E-state index contributed by atoms with van der Waals surface area (Å²) >= 11 is 0. The van der Waals surface area contributed by atoms with Crippen LogP contribution in [0.25, 0.3) is 21.9 Å². The molecule has 1 saturated heterocycles. The Morgan fingerprint density at radius 2 is 2.04 bits per heavy atom. The molecule has 2 unspecified atom stereocenters. The van der Waals surface area contributed by atoms with Gasteiger partial charge in [-0.1, -0.05) is 12.1 Å². The van der Waals surface area contributed by atoms with Gasteiger partial charge in [0.1, 0.15) is 0 Å². The molecule has 1 fully saturated rings. The summed E-state index contributed by atoms with van der Waals surface area (Å²) in [4.78, 5) is 13.9. The summed E-state index contributed by atoms with van der Waals surface area (Å²) in [6.07, 6.45) is 1.80. The van der Waals surface area contributed by atoms with E-state index in [0.29, 0.717) is 17.6 Å². The molecule has 6 nitrogen and oxygen atoms in total. The van der Waals surface area contributed by atoms with E-state index in [1.165, 1.54) is 0 Å². The third-order valence-electron chi connectivity index (χ3n) is 5.51. The maximum Gasteiger partial charge on any atom is 0.248 e. The first-order valence-corrected chi connectivity index (χ1v) is 9.60. The molecule has 1 amide bonds. The fraction of sp³-hybridized carbons (Fsp3) is 0.318. The summed E-state index contributed by atoms with van der Waals surface area (Å²) in [7, 11) is 0. The smallest absolute Gasteiger partial charge is 0.248 e. The van der Waals surface area contributed by atoms with Crippen LogP contribution in [0.1, 0.15) is 29.8 Å². The number of anilines is 1. The molecule has 1 aliphatic rings. The Kier molecular flexibility index (Phi) is 4.73. The number of nitrogens with two attached hydrogens (primary N) is 1. The normalized spacial score (nSPS) is 19.8. The van der Waals surface area contributed by atoms with Crippen LogP contribution in [0.3, 0.4) is 0 Å². The van der Waals surface area contributed by atoms with Crippen LogP contribution in [-0.2, 0) is 0 Å². The maximum atomic E-state index is 11.6.